The summed E-state index contributed by atoms with van der Waals surface area (Å²) in [5, 5.41) is 0. The number of rotatable bonds is 7. The van der Waals surface area contributed by atoms with E-state index < -0.39 is 15.8 Å². The molecule has 0 saturated carbocycles. The van der Waals surface area contributed by atoms with Crippen LogP contribution in [0.15, 0.2) is 53.4 Å². The minimum Gasteiger partial charge on any atom is -0.484 e. The quantitative estimate of drug-likeness (QED) is 0.747. The van der Waals surface area contributed by atoms with E-state index >= 15 is 0 Å². The van der Waals surface area contributed by atoms with Crippen LogP contribution in [-0.4, -0.2) is 45.5 Å². The highest BCUT2D eigenvalue weighted by molar-refractivity contribution is 7.89. The molecular weight excluding hydrogens is 395 g/mol. The molecule has 8 heteroatoms. The highest BCUT2D eigenvalue weighted by Gasteiger charge is 2.25. The van der Waals surface area contributed by atoms with Gasteiger partial charge in [0.05, 0.1) is 4.90 Å². The van der Waals surface area contributed by atoms with Crippen molar-refractivity contribution < 1.29 is 22.3 Å². The van der Waals surface area contributed by atoms with Crippen molar-refractivity contribution in [2.45, 2.75) is 24.7 Å². The van der Waals surface area contributed by atoms with Gasteiger partial charge in [0.2, 0.25) is 10.0 Å². The first kappa shape index (κ1) is 21.3. The van der Waals surface area contributed by atoms with Gasteiger partial charge in [0, 0.05) is 19.6 Å². The summed E-state index contributed by atoms with van der Waals surface area (Å²) in [5.74, 6) is 0.260. The standard InChI is InChI=1S/C21H25FN2O4S/c1-16-13-18(22)7-8-20(16)29(26,27)23-14-17-9-11-24(12-10-17)21(25)15-28-19-5-3-2-4-6-19/h2-8,13,17,23H,9-12,14-15H2,1H3. The lowest BCUT2D eigenvalue weighted by molar-refractivity contribution is -0.134. The number of para-hydroxylation sites is 1. The van der Waals surface area contributed by atoms with Crippen LogP contribution in [0.5, 0.6) is 5.75 Å². The molecule has 1 aliphatic heterocycles. The SMILES string of the molecule is Cc1cc(F)ccc1S(=O)(=O)NCC1CCN(C(=O)COc2ccccc2)CC1. The number of halogens is 1. The van der Waals surface area contributed by atoms with Crippen molar-refractivity contribution in [1.29, 1.82) is 0 Å². The number of nitrogens with zero attached hydrogens (tertiary/aromatic N) is 1. The Bertz CT molecular complexity index is 942. The zero-order valence-corrected chi connectivity index (χ0v) is 17.1. The van der Waals surface area contributed by atoms with Gasteiger partial charge in [0.1, 0.15) is 11.6 Å². The Morgan fingerprint density at radius 1 is 1.17 bits per heavy atom. The average Bonchev–Trinajstić information content (AvgIpc) is 2.71. The number of aryl methyl sites for hydroxylation is 1. The molecule has 1 saturated heterocycles. The van der Waals surface area contributed by atoms with E-state index in [2.05, 4.69) is 4.72 Å². The lowest BCUT2D eigenvalue weighted by Crippen LogP contribution is -2.43. The largest absolute Gasteiger partial charge is 0.484 e. The molecule has 0 unspecified atom stereocenters. The zero-order chi connectivity index (χ0) is 20.9. The molecule has 0 atom stereocenters. The number of nitrogens with one attached hydrogen (secondary N) is 1. The molecule has 6 nitrogen and oxygen atoms in total. The second-order valence-corrected chi connectivity index (χ2v) is 8.92. The smallest absolute Gasteiger partial charge is 0.260 e. The second kappa shape index (κ2) is 9.37. The number of ether oxygens (including phenoxy) is 1. The maximum Gasteiger partial charge on any atom is 0.260 e. The predicted octanol–water partition coefficient (Wildman–Crippen LogP) is 2.73. The van der Waals surface area contributed by atoms with Crippen LogP contribution in [-0.2, 0) is 14.8 Å². The van der Waals surface area contributed by atoms with Crippen LogP contribution in [0, 0.1) is 18.7 Å². The molecule has 0 radical (unpaired) electrons. The second-order valence-electron chi connectivity index (χ2n) is 7.19. The first-order chi connectivity index (χ1) is 13.8. The van der Waals surface area contributed by atoms with Crippen molar-refractivity contribution in [3.8, 4) is 5.75 Å². The number of sulfonamides is 1. The molecule has 1 fully saturated rings. The monoisotopic (exact) mass is 420 g/mol. The van der Waals surface area contributed by atoms with Crippen molar-refractivity contribution in [2.24, 2.45) is 5.92 Å². The molecule has 1 aliphatic rings. The first-order valence-electron chi connectivity index (χ1n) is 9.56. The summed E-state index contributed by atoms with van der Waals surface area (Å²) in [4.78, 5) is 14.1. The molecule has 3 rings (SSSR count). The van der Waals surface area contributed by atoms with Gasteiger partial charge in [-0.25, -0.2) is 17.5 Å². The molecule has 2 aromatic carbocycles. The topological polar surface area (TPSA) is 75.7 Å². The van der Waals surface area contributed by atoms with Gasteiger partial charge in [0.15, 0.2) is 6.61 Å². The van der Waals surface area contributed by atoms with Crippen LogP contribution in [0.25, 0.3) is 0 Å². The molecule has 29 heavy (non-hydrogen) atoms. The maximum absolute atomic E-state index is 13.2. The molecule has 1 N–H and O–H groups in total. The van der Waals surface area contributed by atoms with Gasteiger partial charge in [0.25, 0.3) is 5.91 Å². The summed E-state index contributed by atoms with van der Waals surface area (Å²) in [6.45, 7) is 2.99. The van der Waals surface area contributed by atoms with E-state index in [1.54, 1.807) is 24.0 Å². The van der Waals surface area contributed by atoms with Crippen molar-refractivity contribution in [3.05, 3.63) is 59.9 Å². The summed E-state index contributed by atoms with van der Waals surface area (Å²) in [5.41, 5.74) is 0.372. The molecule has 0 spiro atoms. The van der Waals surface area contributed by atoms with Crippen LogP contribution >= 0.6 is 0 Å². The lowest BCUT2D eigenvalue weighted by Gasteiger charge is -2.32. The van der Waals surface area contributed by atoms with Gasteiger partial charge >= 0.3 is 0 Å². The van der Waals surface area contributed by atoms with Gasteiger partial charge in [-0.1, -0.05) is 18.2 Å². The third kappa shape index (κ3) is 5.77. The number of likely N-dealkylation sites (tertiary alicyclic amines) is 1. The van der Waals surface area contributed by atoms with Gasteiger partial charge < -0.3 is 9.64 Å². The van der Waals surface area contributed by atoms with Gasteiger partial charge in [-0.3, -0.25) is 4.79 Å². The molecule has 0 aromatic heterocycles. The molecule has 0 aliphatic carbocycles. The third-order valence-electron chi connectivity index (χ3n) is 5.06. The fourth-order valence-electron chi connectivity index (χ4n) is 3.36. The molecule has 0 bridgehead atoms. The van der Waals surface area contributed by atoms with Crippen molar-refractivity contribution >= 4 is 15.9 Å². The van der Waals surface area contributed by atoms with Gasteiger partial charge in [-0.2, -0.15) is 0 Å². The van der Waals surface area contributed by atoms with Crippen LogP contribution in [0.2, 0.25) is 0 Å². The van der Waals surface area contributed by atoms with Crippen LogP contribution in [0.1, 0.15) is 18.4 Å². The predicted molar refractivity (Wildman–Crippen MR) is 108 cm³/mol. The minimum absolute atomic E-state index is 0.00878. The Morgan fingerprint density at radius 3 is 2.52 bits per heavy atom. The average molecular weight is 421 g/mol. The number of hydrogen-bond donors (Lipinski definition) is 1. The fraction of sp³-hybridized carbons (Fsp3) is 0.381. The van der Waals surface area contributed by atoms with Gasteiger partial charge in [-0.05, 0) is 61.6 Å². The van der Waals surface area contributed by atoms with E-state index in [4.69, 9.17) is 4.74 Å². The van der Waals surface area contributed by atoms with E-state index in [0.717, 1.165) is 6.07 Å². The maximum atomic E-state index is 13.2. The Labute approximate surface area is 170 Å². The third-order valence-corrected chi connectivity index (χ3v) is 6.65. The number of piperidine rings is 1. The van der Waals surface area contributed by atoms with Crippen molar-refractivity contribution in [3.63, 3.8) is 0 Å². The Morgan fingerprint density at radius 2 is 1.86 bits per heavy atom. The number of amides is 1. The number of carbonyl (C=O) groups excluding carboxylic acids is 1. The van der Waals surface area contributed by atoms with E-state index in [9.17, 15) is 17.6 Å². The molecule has 156 valence electrons. The number of carbonyl (C=O) groups is 1. The summed E-state index contributed by atoms with van der Waals surface area (Å²) in [7, 11) is -3.69. The molecule has 1 amide bonds. The van der Waals surface area contributed by atoms with Gasteiger partial charge in [-0.15, -0.1) is 0 Å². The highest BCUT2D eigenvalue weighted by Crippen LogP contribution is 2.20. The highest BCUT2D eigenvalue weighted by atomic mass is 32.2. The number of hydrogen-bond acceptors (Lipinski definition) is 4. The molecule has 2 aromatic rings. The minimum atomic E-state index is -3.69. The van der Waals surface area contributed by atoms with Crippen LogP contribution in [0.3, 0.4) is 0 Å². The summed E-state index contributed by atoms with van der Waals surface area (Å²) in [6, 6.07) is 12.8. The molecule has 1 heterocycles. The normalized spacial score (nSPS) is 15.3. The Balaban J connectivity index is 1.45. The van der Waals surface area contributed by atoms with E-state index in [0.29, 0.717) is 43.8 Å². The number of benzene rings is 2. The van der Waals surface area contributed by atoms with E-state index in [1.165, 1.54) is 12.1 Å². The van der Waals surface area contributed by atoms with E-state index in [1.807, 2.05) is 18.2 Å². The summed E-state index contributed by atoms with van der Waals surface area (Å²) < 4.78 is 46.3. The van der Waals surface area contributed by atoms with E-state index in [-0.39, 0.29) is 23.3 Å². The Hall–Kier alpha value is -2.45. The summed E-state index contributed by atoms with van der Waals surface area (Å²) in [6.07, 6.45) is 1.42. The first-order valence-corrected chi connectivity index (χ1v) is 11.0. The lowest BCUT2D eigenvalue weighted by atomic mass is 9.97. The zero-order valence-electron chi connectivity index (χ0n) is 16.3. The molecular formula is C21H25FN2O4S. The van der Waals surface area contributed by atoms with Crippen molar-refractivity contribution in [1.82, 2.24) is 9.62 Å². The van der Waals surface area contributed by atoms with Crippen LogP contribution in [0.4, 0.5) is 4.39 Å². The Kier molecular flexibility index (Phi) is 6.87. The van der Waals surface area contributed by atoms with Crippen molar-refractivity contribution in [2.75, 3.05) is 26.2 Å². The fourth-order valence-corrected chi connectivity index (χ4v) is 4.70. The summed E-state index contributed by atoms with van der Waals surface area (Å²) >= 11 is 0. The van der Waals surface area contributed by atoms with Crippen LogP contribution < -0.4 is 9.46 Å².